The molecule has 2 N–H and O–H groups in total. The van der Waals surface area contributed by atoms with Gasteiger partial charge in [-0.05, 0) is 37.1 Å². The van der Waals surface area contributed by atoms with E-state index in [-0.39, 0.29) is 17.4 Å². The van der Waals surface area contributed by atoms with E-state index in [9.17, 15) is 9.59 Å². The highest BCUT2D eigenvalue weighted by Crippen LogP contribution is 2.30. The second-order valence-electron chi connectivity index (χ2n) is 5.82. The number of nitrogens with one attached hydrogen (secondary N) is 2. The number of H-pyrrole nitrogens is 1. The predicted octanol–water partition coefficient (Wildman–Crippen LogP) is 2.07. The Kier molecular flexibility index (Phi) is 3.34. The number of hydrogen-bond donors (Lipinski definition) is 2. The van der Waals surface area contributed by atoms with Gasteiger partial charge in [0.05, 0.1) is 23.7 Å². The molecule has 0 radical (unpaired) electrons. The van der Waals surface area contributed by atoms with Gasteiger partial charge in [0.1, 0.15) is 11.6 Å². The summed E-state index contributed by atoms with van der Waals surface area (Å²) in [5.41, 5.74) is 1.22. The van der Waals surface area contributed by atoms with Crippen LogP contribution in [0.5, 0.6) is 5.75 Å². The Hall–Kier alpha value is -3.09. The Morgan fingerprint density at radius 2 is 2.08 bits per heavy atom. The summed E-state index contributed by atoms with van der Waals surface area (Å²) in [4.78, 5) is 28.2. The quantitative estimate of drug-likeness (QED) is 0.769. The van der Waals surface area contributed by atoms with Crippen LogP contribution in [0.2, 0.25) is 0 Å². The van der Waals surface area contributed by atoms with Crippen LogP contribution < -0.4 is 15.6 Å². The number of carbonyl (C=O) groups is 1. The van der Waals surface area contributed by atoms with E-state index >= 15 is 0 Å². The number of ether oxygens (including phenoxy) is 1. The minimum atomic E-state index is -0.228. The molecule has 24 heavy (non-hydrogen) atoms. The maximum Gasteiger partial charge on any atom is 0.273 e. The smallest absolute Gasteiger partial charge is 0.273 e. The highest BCUT2D eigenvalue weighted by molar-refractivity contribution is 5.94. The molecule has 0 aliphatic heterocycles. The number of amides is 1. The molecule has 1 aliphatic rings. The average Bonchev–Trinajstić information content (AvgIpc) is 3.40. The average molecular weight is 324 g/mol. The van der Waals surface area contributed by atoms with Crippen molar-refractivity contribution >= 4 is 22.6 Å². The summed E-state index contributed by atoms with van der Waals surface area (Å²) in [6.45, 7) is 0. The maximum absolute atomic E-state index is 12.1. The fourth-order valence-corrected chi connectivity index (χ4v) is 2.60. The van der Waals surface area contributed by atoms with E-state index < -0.39 is 0 Å². The molecule has 3 aromatic rings. The molecule has 0 atom stereocenters. The van der Waals surface area contributed by atoms with Gasteiger partial charge >= 0.3 is 0 Å². The number of methoxy groups -OCH3 is 1. The Labute approximate surface area is 137 Å². The molecule has 0 saturated heterocycles. The third-order valence-electron chi connectivity index (χ3n) is 4.11. The first-order valence-electron chi connectivity index (χ1n) is 7.72. The van der Waals surface area contributed by atoms with Crippen LogP contribution >= 0.6 is 0 Å². The van der Waals surface area contributed by atoms with Gasteiger partial charge in [-0.1, -0.05) is 0 Å². The summed E-state index contributed by atoms with van der Waals surface area (Å²) < 4.78 is 6.82. The van der Waals surface area contributed by atoms with E-state index in [2.05, 4.69) is 15.4 Å². The molecule has 122 valence electrons. The number of carbonyl (C=O) groups excluding carboxylic acids is 1. The zero-order valence-corrected chi connectivity index (χ0v) is 13.1. The number of fused-ring (bicyclic) bond motifs is 1. The SMILES string of the molecule is COc1ccc(-n2[nH]c(=O)c3cnc(NC(=O)C4CC4)cc32)cc1. The Morgan fingerprint density at radius 3 is 2.75 bits per heavy atom. The normalized spacial score (nSPS) is 13.9. The second kappa shape index (κ2) is 5.52. The molecule has 1 fully saturated rings. The Bertz CT molecular complexity index is 968. The zero-order valence-electron chi connectivity index (χ0n) is 13.1. The largest absolute Gasteiger partial charge is 0.497 e. The van der Waals surface area contributed by atoms with Crippen molar-refractivity contribution in [3.8, 4) is 11.4 Å². The number of hydrogen-bond acceptors (Lipinski definition) is 4. The first-order chi connectivity index (χ1) is 11.7. The lowest BCUT2D eigenvalue weighted by Crippen LogP contribution is -2.14. The summed E-state index contributed by atoms with van der Waals surface area (Å²) in [7, 11) is 1.60. The van der Waals surface area contributed by atoms with Crippen LogP contribution in [0, 0.1) is 5.92 Å². The summed E-state index contributed by atoms with van der Waals surface area (Å²) in [6.07, 6.45) is 3.33. The predicted molar refractivity (Wildman–Crippen MR) is 89.6 cm³/mol. The molecule has 0 unspecified atom stereocenters. The molecule has 1 aromatic carbocycles. The lowest BCUT2D eigenvalue weighted by atomic mass is 10.2. The third kappa shape index (κ3) is 2.54. The van der Waals surface area contributed by atoms with Gasteiger partial charge in [-0.15, -0.1) is 0 Å². The molecule has 7 heteroatoms. The molecule has 2 heterocycles. The summed E-state index contributed by atoms with van der Waals surface area (Å²) in [6, 6.07) is 9.03. The molecular weight excluding hydrogens is 308 g/mol. The van der Waals surface area contributed by atoms with E-state index in [1.807, 2.05) is 24.3 Å². The number of benzene rings is 1. The van der Waals surface area contributed by atoms with E-state index in [4.69, 9.17) is 4.74 Å². The number of nitrogens with zero attached hydrogens (tertiary/aromatic N) is 2. The fraction of sp³-hybridized carbons (Fsp3) is 0.235. The lowest BCUT2D eigenvalue weighted by molar-refractivity contribution is -0.117. The highest BCUT2D eigenvalue weighted by Gasteiger charge is 2.29. The highest BCUT2D eigenvalue weighted by atomic mass is 16.5. The number of aromatic nitrogens is 3. The van der Waals surface area contributed by atoms with Crippen LogP contribution in [0.15, 0.2) is 41.3 Å². The second-order valence-corrected chi connectivity index (χ2v) is 5.82. The minimum absolute atomic E-state index is 0.0178. The van der Waals surface area contributed by atoms with Crippen LogP contribution in [0.4, 0.5) is 5.82 Å². The first-order valence-corrected chi connectivity index (χ1v) is 7.72. The van der Waals surface area contributed by atoms with E-state index in [1.54, 1.807) is 17.9 Å². The number of anilines is 1. The van der Waals surface area contributed by atoms with Crippen molar-refractivity contribution in [3.63, 3.8) is 0 Å². The summed E-state index contributed by atoms with van der Waals surface area (Å²) in [5.74, 6) is 1.26. The van der Waals surface area contributed by atoms with Crippen molar-refractivity contribution in [2.75, 3.05) is 12.4 Å². The van der Waals surface area contributed by atoms with Gasteiger partial charge in [0.25, 0.3) is 5.56 Å². The van der Waals surface area contributed by atoms with Crippen molar-refractivity contribution in [3.05, 3.63) is 46.9 Å². The molecule has 4 rings (SSSR count). The van der Waals surface area contributed by atoms with Gasteiger partial charge < -0.3 is 10.1 Å². The van der Waals surface area contributed by atoms with Gasteiger partial charge in [0, 0.05) is 18.2 Å². The topological polar surface area (TPSA) is 89.0 Å². The fourth-order valence-electron chi connectivity index (χ4n) is 2.60. The van der Waals surface area contributed by atoms with E-state index in [0.29, 0.717) is 16.7 Å². The molecular formula is C17H16N4O3. The van der Waals surface area contributed by atoms with Crippen molar-refractivity contribution in [1.29, 1.82) is 0 Å². The Morgan fingerprint density at radius 1 is 1.33 bits per heavy atom. The zero-order chi connectivity index (χ0) is 16.7. The van der Waals surface area contributed by atoms with Crippen LogP contribution in [-0.2, 0) is 4.79 Å². The van der Waals surface area contributed by atoms with Gasteiger partial charge in [-0.2, -0.15) is 0 Å². The van der Waals surface area contributed by atoms with Crippen molar-refractivity contribution in [2.24, 2.45) is 5.92 Å². The third-order valence-corrected chi connectivity index (χ3v) is 4.11. The van der Waals surface area contributed by atoms with Gasteiger partial charge in [-0.3, -0.25) is 19.4 Å². The van der Waals surface area contributed by atoms with Gasteiger partial charge in [0.15, 0.2) is 0 Å². The van der Waals surface area contributed by atoms with Crippen LogP contribution in [-0.4, -0.2) is 27.8 Å². The molecule has 1 saturated carbocycles. The monoisotopic (exact) mass is 324 g/mol. The molecule has 0 bridgehead atoms. The minimum Gasteiger partial charge on any atom is -0.497 e. The maximum atomic E-state index is 12.1. The summed E-state index contributed by atoms with van der Waals surface area (Å²) >= 11 is 0. The van der Waals surface area contributed by atoms with Crippen LogP contribution in [0.25, 0.3) is 16.6 Å². The molecule has 1 amide bonds. The number of aromatic amines is 1. The van der Waals surface area contributed by atoms with E-state index in [0.717, 1.165) is 24.3 Å². The van der Waals surface area contributed by atoms with Crippen LogP contribution in [0.1, 0.15) is 12.8 Å². The first kappa shape index (κ1) is 14.5. The lowest BCUT2D eigenvalue weighted by Gasteiger charge is -2.07. The van der Waals surface area contributed by atoms with Crippen molar-refractivity contribution < 1.29 is 9.53 Å². The molecule has 2 aromatic heterocycles. The summed E-state index contributed by atoms with van der Waals surface area (Å²) in [5, 5.41) is 6.06. The van der Waals surface area contributed by atoms with Gasteiger partial charge in [-0.25, -0.2) is 4.98 Å². The molecule has 0 spiro atoms. The van der Waals surface area contributed by atoms with Crippen molar-refractivity contribution in [1.82, 2.24) is 14.8 Å². The van der Waals surface area contributed by atoms with Gasteiger partial charge in [0.2, 0.25) is 5.91 Å². The van der Waals surface area contributed by atoms with E-state index in [1.165, 1.54) is 6.20 Å². The molecule has 7 nitrogen and oxygen atoms in total. The van der Waals surface area contributed by atoms with Crippen molar-refractivity contribution in [2.45, 2.75) is 12.8 Å². The number of pyridine rings is 1. The standard InChI is InChI=1S/C17H16N4O3/c1-24-12-6-4-11(5-7-12)21-14-8-15(19-16(22)10-2-3-10)18-9-13(14)17(23)20-21/h4-10H,2-3H2,1H3,(H,20,23)(H,18,19,22). The molecule has 1 aliphatic carbocycles. The van der Waals surface area contributed by atoms with Crippen LogP contribution in [0.3, 0.4) is 0 Å². The Balaban J connectivity index is 1.76. The number of rotatable bonds is 4.